The number of carbonyl (C=O) groups is 4. The fraction of sp³-hybridized carbons (Fsp3) is 0.500. The predicted octanol–water partition coefficient (Wildman–Crippen LogP) is 1.72. The molecule has 1 aliphatic carbocycles. The number of aromatic nitrogens is 1. The summed E-state index contributed by atoms with van der Waals surface area (Å²) in [6.45, 7) is 0.828. The third-order valence-corrected chi connectivity index (χ3v) is 5.37. The maximum atomic E-state index is 12.8. The number of halogens is 1. The minimum Gasteiger partial charge on any atom is -0.454 e. The standard InChI is InChI=1S/C18H21ClN4O5/c1-11-4-2-3-7-18(11)16(26)23(17(27)22-18)9-15(25)28-10-14(24)21-13-6-5-12(19)8-20-13/h5-6,8,11H,2-4,7,9-10H2,1H3,(H,22,27)(H,20,21,24)/t11-,18-/m0/s1. The van der Waals surface area contributed by atoms with Crippen molar-refractivity contribution in [3.8, 4) is 0 Å². The fourth-order valence-corrected chi connectivity index (χ4v) is 3.70. The lowest BCUT2D eigenvalue weighted by Gasteiger charge is -2.36. The summed E-state index contributed by atoms with van der Waals surface area (Å²) in [6.07, 6.45) is 4.60. The SMILES string of the molecule is C[C@H]1CCCC[C@]12NC(=O)N(CC(=O)OCC(=O)Nc1ccc(Cl)cn1)C2=O. The van der Waals surface area contributed by atoms with Crippen LogP contribution in [0.4, 0.5) is 10.6 Å². The first-order valence-corrected chi connectivity index (χ1v) is 9.41. The number of hydrogen-bond acceptors (Lipinski definition) is 6. The van der Waals surface area contributed by atoms with Crippen molar-refractivity contribution in [2.45, 2.75) is 38.1 Å². The molecular formula is C18H21ClN4O5. The van der Waals surface area contributed by atoms with Crippen LogP contribution < -0.4 is 10.6 Å². The van der Waals surface area contributed by atoms with Crippen molar-refractivity contribution in [2.75, 3.05) is 18.5 Å². The number of amides is 4. The Morgan fingerprint density at radius 1 is 1.39 bits per heavy atom. The molecule has 2 heterocycles. The van der Waals surface area contributed by atoms with Gasteiger partial charge in [0.2, 0.25) is 0 Å². The zero-order chi connectivity index (χ0) is 20.3. The van der Waals surface area contributed by atoms with Crippen LogP contribution in [0.2, 0.25) is 5.02 Å². The van der Waals surface area contributed by atoms with E-state index in [9.17, 15) is 19.2 Å². The Balaban J connectivity index is 1.51. The first kappa shape index (κ1) is 20.1. The summed E-state index contributed by atoms with van der Waals surface area (Å²) in [5.74, 6) is -1.60. The van der Waals surface area contributed by atoms with Gasteiger partial charge < -0.3 is 15.4 Å². The van der Waals surface area contributed by atoms with E-state index in [1.807, 2.05) is 6.92 Å². The Bertz CT molecular complexity index is 800. The summed E-state index contributed by atoms with van der Waals surface area (Å²) in [6, 6.07) is 2.45. The second-order valence-electron chi connectivity index (χ2n) is 7.01. The number of carbonyl (C=O) groups excluding carboxylic acids is 4. The van der Waals surface area contributed by atoms with E-state index in [0.717, 1.165) is 24.2 Å². The Morgan fingerprint density at radius 3 is 2.86 bits per heavy atom. The van der Waals surface area contributed by atoms with Gasteiger partial charge in [0.1, 0.15) is 17.9 Å². The topological polar surface area (TPSA) is 118 Å². The second kappa shape index (κ2) is 8.14. The number of imide groups is 1. The lowest BCUT2D eigenvalue weighted by atomic mass is 9.73. The van der Waals surface area contributed by atoms with Crippen molar-refractivity contribution >= 4 is 41.2 Å². The van der Waals surface area contributed by atoms with Gasteiger partial charge in [-0.2, -0.15) is 0 Å². The molecule has 10 heteroatoms. The summed E-state index contributed by atoms with van der Waals surface area (Å²) in [7, 11) is 0. The summed E-state index contributed by atoms with van der Waals surface area (Å²) in [5, 5.41) is 5.62. The van der Waals surface area contributed by atoms with Crippen molar-refractivity contribution in [1.82, 2.24) is 15.2 Å². The number of rotatable bonds is 5. The molecule has 2 aliphatic rings. The molecule has 0 radical (unpaired) electrons. The number of esters is 1. The van der Waals surface area contributed by atoms with Crippen molar-refractivity contribution in [3.05, 3.63) is 23.4 Å². The third kappa shape index (κ3) is 4.09. The number of nitrogens with zero attached hydrogens (tertiary/aromatic N) is 2. The van der Waals surface area contributed by atoms with Gasteiger partial charge in [-0.3, -0.25) is 19.3 Å². The van der Waals surface area contributed by atoms with E-state index in [4.69, 9.17) is 16.3 Å². The first-order valence-electron chi connectivity index (χ1n) is 9.03. The number of urea groups is 1. The lowest BCUT2D eigenvalue weighted by Crippen LogP contribution is -2.54. The molecule has 1 aromatic heterocycles. The first-order chi connectivity index (χ1) is 13.3. The highest BCUT2D eigenvalue weighted by Crippen LogP contribution is 2.38. The summed E-state index contributed by atoms with van der Waals surface area (Å²) in [4.78, 5) is 53.6. The maximum absolute atomic E-state index is 12.8. The zero-order valence-electron chi connectivity index (χ0n) is 15.4. The van der Waals surface area contributed by atoms with E-state index in [2.05, 4.69) is 15.6 Å². The van der Waals surface area contributed by atoms with E-state index in [0.29, 0.717) is 11.4 Å². The molecule has 2 atom stereocenters. The van der Waals surface area contributed by atoms with Crippen molar-refractivity contribution < 1.29 is 23.9 Å². The fourth-order valence-electron chi connectivity index (χ4n) is 3.59. The normalized spacial score (nSPS) is 24.2. The van der Waals surface area contributed by atoms with Crippen LogP contribution in [-0.2, 0) is 19.1 Å². The van der Waals surface area contributed by atoms with Gasteiger partial charge in [0.25, 0.3) is 11.8 Å². The Kier molecular flexibility index (Phi) is 5.83. The summed E-state index contributed by atoms with van der Waals surface area (Å²) >= 11 is 5.71. The van der Waals surface area contributed by atoms with E-state index >= 15 is 0 Å². The van der Waals surface area contributed by atoms with E-state index in [1.165, 1.54) is 12.3 Å². The van der Waals surface area contributed by atoms with Crippen LogP contribution in [-0.4, -0.2) is 52.4 Å². The third-order valence-electron chi connectivity index (χ3n) is 5.15. The van der Waals surface area contributed by atoms with Crippen molar-refractivity contribution in [3.63, 3.8) is 0 Å². The molecule has 4 amide bonds. The van der Waals surface area contributed by atoms with Gasteiger partial charge in [-0.25, -0.2) is 9.78 Å². The Morgan fingerprint density at radius 2 is 2.18 bits per heavy atom. The largest absolute Gasteiger partial charge is 0.454 e. The van der Waals surface area contributed by atoms with Gasteiger partial charge >= 0.3 is 12.0 Å². The maximum Gasteiger partial charge on any atom is 0.326 e. The van der Waals surface area contributed by atoms with Crippen molar-refractivity contribution in [1.29, 1.82) is 0 Å². The molecule has 1 aromatic rings. The molecule has 1 saturated heterocycles. The average molecular weight is 409 g/mol. The van der Waals surface area contributed by atoms with Gasteiger partial charge in [-0.15, -0.1) is 0 Å². The molecule has 1 aliphatic heterocycles. The summed E-state index contributed by atoms with van der Waals surface area (Å²) < 4.78 is 4.88. The van der Waals surface area contributed by atoms with E-state index < -0.39 is 42.5 Å². The number of nitrogens with one attached hydrogen (secondary N) is 2. The van der Waals surface area contributed by atoms with E-state index in [1.54, 1.807) is 6.07 Å². The average Bonchev–Trinajstić information content (AvgIpc) is 2.89. The van der Waals surface area contributed by atoms with Crippen LogP contribution in [0, 0.1) is 5.92 Å². The van der Waals surface area contributed by atoms with Crippen LogP contribution in [0.25, 0.3) is 0 Å². The highest BCUT2D eigenvalue weighted by Gasteiger charge is 2.55. The van der Waals surface area contributed by atoms with Gasteiger partial charge in [-0.05, 0) is 30.9 Å². The quantitative estimate of drug-likeness (QED) is 0.565. The molecule has 28 heavy (non-hydrogen) atoms. The second-order valence-corrected chi connectivity index (χ2v) is 7.45. The lowest BCUT2D eigenvalue weighted by molar-refractivity contribution is -0.150. The minimum absolute atomic E-state index is 0.00336. The number of ether oxygens (including phenoxy) is 1. The Labute approximate surface area is 166 Å². The van der Waals surface area contributed by atoms with Gasteiger partial charge in [0, 0.05) is 6.20 Å². The van der Waals surface area contributed by atoms with Crippen LogP contribution in [0.15, 0.2) is 18.3 Å². The van der Waals surface area contributed by atoms with Gasteiger partial charge in [0.15, 0.2) is 6.61 Å². The molecular weight excluding hydrogens is 388 g/mol. The molecule has 3 rings (SSSR count). The molecule has 0 aromatic carbocycles. The van der Waals surface area contributed by atoms with Crippen LogP contribution in [0.3, 0.4) is 0 Å². The molecule has 1 saturated carbocycles. The summed E-state index contributed by atoms with van der Waals surface area (Å²) in [5.41, 5.74) is -0.937. The Hall–Kier alpha value is -2.68. The number of anilines is 1. The molecule has 2 N–H and O–H groups in total. The number of pyridine rings is 1. The zero-order valence-corrected chi connectivity index (χ0v) is 16.1. The van der Waals surface area contributed by atoms with Gasteiger partial charge in [0.05, 0.1) is 5.02 Å². The van der Waals surface area contributed by atoms with Crippen LogP contribution in [0.5, 0.6) is 0 Å². The predicted molar refractivity (Wildman–Crippen MR) is 99.4 cm³/mol. The molecule has 2 fully saturated rings. The van der Waals surface area contributed by atoms with Crippen LogP contribution in [0.1, 0.15) is 32.6 Å². The monoisotopic (exact) mass is 408 g/mol. The molecule has 0 bridgehead atoms. The smallest absolute Gasteiger partial charge is 0.326 e. The van der Waals surface area contributed by atoms with Crippen LogP contribution >= 0.6 is 11.6 Å². The van der Waals surface area contributed by atoms with Gasteiger partial charge in [-0.1, -0.05) is 31.4 Å². The number of hydrogen-bond donors (Lipinski definition) is 2. The van der Waals surface area contributed by atoms with E-state index in [-0.39, 0.29) is 11.7 Å². The molecule has 1 spiro atoms. The van der Waals surface area contributed by atoms with Crippen molar-refractivity contribution in [2.24, 2.45) is 5.92 Å². The molecule has 9 nitrogen and oxygen atoms in total. The molecule has 0 unspecified atom stereocenters. The minimum atomic E-state index is -0.937. The highest BCUT2D eigenvalue weighted by atomic mass is 35.5. The highest BCUT2D eigenvalue weighted by molar-refractivity contribution is 6.30. The molecule has 150 valence electrons.